The van der Waals surface area contributed by atoms with Gasteiger partial charge in [0.25, 0.3) is 5.91 Å². The van der Waals surface area contributed by atoms with Crippen LogP contribution in [-0.4, -0.2) is 51.8 Å². The number of nitrogens with zero attached hydrogens (tertiary/aromatic N) is 3. The zero-order valence-electron chi connectivity index (χ0n) is 9.97. The smallest absolute Gasteiger partial charge is 0.274 e. The summed E-state index contributed by atoms with van der Waals surface area (Å²) in [6.07, 6.45) is 1.68. The van der Waals surface area contributed by atoms with E-state index in [2.05, 4.69) is 5.10 Å². The molecule has 0 aliphatic carbocycles. The predicted octanol–water partition coefficient (Wildman–Crippen LogP) is 0.888. The van der Waals surface area contributed by atoms with Crippen LogP contribution in [0.25, 0.3) is 0 Å². The SMILES string of the molecule is CC1COC(CCl)CN1C(=O)c1ccn(C)n1. The molecule has 0 saturated carbocycles. The normalized spacial score (nSPS) is 25.0. The van der Waals surface area contributed by atoms with Crippen LogP contribution in [0.1, 0.15) is 17.4 Å². The maximum absolute atomic E-state index is 12.2. The van der Waals surface area contributed by atoms with Crippen molar-refractivity contribution in [3.8, 4) is 0 Å². The molecule has 6 heteroatoms. The van der Waals surface area contributed by atoms with Gasteiger partial charge < -0.3 is 9.64 Å². The number of halogens is 1. The van der Waals surface area contributed by atoms with E-state index in [0.29, 0.717) is 24.7 Å². The number of ether oxygens (including phenoxy) is 1. The zero-order valence-corrected chi connectivity index (χ0v) is 10.7. The molecule has 1 aromatic rings. The number of morpholine rings is 1. The van der Waals surface area contributed by atoms with Gasteiger partial charge in [-0.15, -0.1) is 11.6 Å². The number of alkyl halides is 1. The highest BCUT2D eigenvalue weighted by molar-refractivity contribution is 6.18. The van der Waals surface area contributed by atoms with Crippen molar-refractivity contribution in [3.63, 3.8) is 0 Å². The molecule has 1 aliphatic rings. The molecule has 5 nitrogen and oxygen atoms in total. The standard InChI is InChI=1S/C11H16ClN3O2/c1-8-7-17-9(5-12)6-15(8)11(16)10-3-4-14(2)13-10/h3-4,8-9H,5-7H2,1-2H3. The van der Waals surface area contributed by atoms with E-state index in [1.807, 2.05) is 6.92 Å². The van der Waals surface area contributed by atoms with E-state index in [9.17, 15) is 4.79 Å². The molecule has 1 fully saturated rings. The number of aromatic nitrogens is 2. The molecule has 1 saturated heterocycles. The summed E-state index contributed by atoms with van der Waals surface area (Å²) in [7, 11) is 1.79. The van der Waals surface area contributed by atoms with Crippen molar-refractivity contribution in [1.82, 2.24) is 14.7 Å². The number of amides is 1. The Bertz CT molecular complexity index is 407. The van der Waals surface area contributed by atoms with Crippen LogP contribution in [0.5, 0.6) is 0 Å². The van der Waals surface area contributed by atoms with Crippen LogP contribution < -0.4 is 0 Å². The second kappa shape index (κ2) is 5.06. The van der Waals surface area contributed by atoms with Gasteiger partial charge in [-0.05, 0) is 13.0 Å². The highest BCUT2D eigenvalue weighted by Gasteiger charge is 2.30. The quantitative estimate of drug-likeness (QED) is 0.740. The van der Waals surface area contributed by atoms with Gasteiger partial charge in [0.1, 0.15) is 5.69 Å². The number of aryl methyl sites for hydroxylation is 1. The van der Waals surface area contributed by atoms with E-state index in [4.69, 9.17) is 16.3 Å². The minimum absolute atomic E-state index is 0.0588. The zero-order chi connectivity index (χ0) is 12.4. The maximum atomic E-state index is 12.2. The molecule has 17 heavy (non-hydrogen) atoms. The van der Waals surface area contributed by atoms with Crippen molar-refractivity contribution in [3.05, 3.63) is 18.0 Å². The topological polar surface area (TPSA) is 47.4 Å². The lowest BCUT2D eigenvalue weighted by molar-refractivity contribution is -0.0374. The van der Waals surface area contributed by atoms with Crippen LogP contribution in [0.15, 0.2) is 12.3 Å². The summed E-state index contributed by atoms with van der Waals surface area (Å²) in [5.41, 5.74) is 0.467. The molecule has 1 amide bonds. The summed E-state index contributed by atoms with van der Waals surface area (Å²) in [6, 6.07) is 1.78. The summed E-state index contributed by atoms with van der Waals surface area (Å²) < 4.78 is 7.13. The first-order valence-corrected chi connectivity index (χ1v) is 6.13. The predicted molar refractivity (Wildman–Crippen MR) is 64.2 cm³/mol. The minimum Gasteiger partial charge on any atom is -0.373 e. The lowest BCUT2D eigenvalue weighted by atomic mass is 10.2. The van der Waals surface area contributed by atoms with Gasteiger partial charge >= 0.3 is 0 Å². The summed E-state index contributed by atoms with van der Waals surface area (Å²) in [5, 5.41) is 4.12. The van der Waals surface area contributed by atoms with Crippen LogP contribution in [0, 0.1) is 0 Å². The Morgan fingerprint density at radius 1 is 1.71 bits per heavy atom. The van der Waals surface area contributed by atoms with E-state index >= 15 is 0 Å². The van der Waals surface area contributed by atoms with Crippen molar-refractivity contribution < 1.29 is 9.53 Å². The van der Waals surface area contributed by atoms with Gasteiger partial charge in [-0.1, -0.05) is 0 Å². The van der Waals surface area contributed by atoms with E-state index in [-0.39, 0.29) is 18.1 Å². The lowest BCUT2D eigenvalue weighted by Crippen LogP contribution is -2.51. The number of hydrogen-bond donors (Lipinski definition) is 0. The van der Waals surface area contributed by atoms with Gasteiger partial charge in [0.2, 0.25) is 0 Å². The van der Waals surface area contributed by atoms with E-state index in [0.717, 1.165) is 0 Å². The number of rotatable bonds is 2. The largest absolute Gasteiger partial charge is 0.373 e. The molecule has 0 bridgehead atoms. The molecule has 1 aromatic heterocycles. The Balaban J connectivity index is 2.12. The molecule has 0 aromatic carbocycles. The molecule has 2 rings (SSSR count). The Morgan fingerprint density at radius 2 is 2.47 bits per heavy atom. The van der Waals surface area contributed by atoms with E-state index < -0.39 is 0 Å². The van der Waals surface area contributed by atoms with Crippen LogP contribution in [0.3, 0.4) is 0 Å². The Labute approximate surface area is 105 Å². The first-order valence-electron chi connectivity index (χ1n) is 5.60. The van der Waals surface area contributed by atoms with Gasteiger partial charge in [0.15, 0.2) is 0 Å². The number of carbonyl (C=O) groups excluding carboxylic acids is 1. The first kappa shape index (κ1) is 12.4. The lowest BCUT2D eigenvalue weighted by Gasteiger charge is -2.37. The van der Waals surface area contributed by atoms with E-state index in [1.165, 1.54) is 0 Å². The summed E-state index contributed by atoms with van der Waals surface area (Å²) in [5.74, 6) is 0.343. The van der Waals surface area contributed by atoms with Crippen molar-refractivity contribution in [1.29, 1.82) is 0 Å². The minimum atomic E-state index is -0.0828. The summed E-state index contributed by atoms with van der Waals surface area (Å²) in [6.45, 7) is 3.02. The van der Waals surface area contributed by atoms with Crippen LogP contribution in [0.4, 0.5) is 0 Å². The molecule has 2 unspecified atom stereocenters. The summed E-state index contributed by atoms with van der Waals surface area (Å²) in [4.78, 5) is 14.0. The molecule has 1 aliphatic heterocycles. The number of carbonyl (C=O) groups is 1. The number of hydrogen-bond acceptors (Lipinski definition) is 3. The molecule has 2 atom stereocenters. The fourth-order valence-electron chi connectivity index (χ4n) is 1.87. The third kappa shape index (κ3) is 2.61. The van der Waals surface area contributed by atoms with Crippen molar-refractivity contribution in [2.45, 2.75) is 19.1 Å². The molecular weight excluding hydrogens is 242 g/mol. The van der Waals surface area contributed by atoms with E-state index in [1.54, 1.807) is 28.9 Å². The van der Waals surface area contributed by atoms with Gasteiger partial charge in [-0.2, -0.15) is 5.10 Å². The van der Waals surface area contributed by atoms with Crippen LogP contribution in [0.2, 0.25) is 0 Å². The molecule has 2 heterocycles. The third-order valence-corrected chi connectivity index (χ3v) is 3.22. The molecule has 94 valence electrons. The highest BCUT2D eigenvalue weighted by atomic mass is 35.5. The van der Waals surface area contributed by atoms with Gasteiger partial charge in [0, 0.05) is 19.8 Å². The van der Waals surface area contributed by atoms with Gasteiger partial charge in [-0.25, -0.2) is 0 Å². The molecular formula is C11H16ClN3O2. The summed E-state index contributed by atoms with van der Waals surface area (Å²) >= 11 is 5.77. The molecule has 0 N–H and O–H groups in total. The third-order valence-electron chi connectivity index (χ3n) is 2.87. The molecule has 0 spiro atoms. The second-order valence-corrected chi connectivity index (χ2v) is 4.60. The van der Waals surface area contributed by atoms with Gasteiger partial charge in [0.05, 0.1) is 24.6 Å². The van der Waals surface area contributed by atoms with Crippen LogP contribution >= 0.6 is 11.6 Å². The van der Waals surface area contributed by atoms with Crippen LogP contribution in [-0.2, 0) is 11.8 Å². The van der Waals surface area contributed by atoms with Crippen molar-refractivity contribution in [2.75, 3.05) is 19.0 Å². The average Bonchev–Trinajstić information content (AvgIpc) is 2.76. The first-order chi connectivity index (χ1) is 8.11. The Hall–Kier alpha value is -1.07. The van der Waals surface area contributed by atoms with Crippen molar-refractivity contribution >= 4 is 17.5 Å². The fourth-order valence-corrected chi connectivity index (χ4v) is 2.06. The average molecular weight is 258 g/mol. The maximum Gasteiger partial charge on any atom is 0.274 e. The highest BCUT2D eigenvalue weighted by Crippen LogP contribution is 2.15. The molecule has 0 radical (unpaired) electrons. The van der Waals surface area contributed by atoms with Crippen molar-refractivity contribution in [2.24, 2.45) is 7.05 Å². The van der Waals surface area contributed by atoms with Gasteiger partial charge in [-0.3, -0.25) is 9.48 Å². The Morgan fingerprint density at radius 3 is 3.06 bits per heavy atom. The monoisotopic (exact) mass is 257 g/mol. The Kier molecular flexibility index (Phi) is 3.69. The second-order valence-electron chi connectivity index (χ2n) is 4.29. The fraction of sp³-hybridized carbons (Fsp3) is 0.636.